The van der Waals surface area contributed by atoms with Crippen LogP contribution < -0.4 is 4.74 Å². The van der Waals surface area contributed by atoms with Gasteiger partial charge < -0.3 is 14.4 Å². The molecule has 1 aliphatic carbocycles. The maximum absolute atomic E-state index is 10.7. The van der Waals surface area contributed by atoms with Gasteiger partial charge in [-0.25, -0.2) is 0 Å². The summed E-state index contributed by atoms with van der Waals surface area (Å²) in [5, 5.41) is 15.7. The van der Waals surface area contributed by atoms with E-state index in [4.69, 9.17) is 20.9 Å². The van der Waals surface area contributed by atoms with Crippen molar-refractivity contribution < 1.29 is 14.4 Å². The number of hydrogen-bond acceptors (Lipinski definition) is 6. The molecule has 176 valence electrons. The number of thiophene rings is 1. The van der Waals surface area contributed by atoms with Crippen LogP contribution in [0.1, 0.15) is 72.8 Å². The van der Waals surface area contributed by atoms with Crippen molar-refractivity contribution in [1.82, 2.24) is 10.1 Å². The molecule has 4 aromatic rings. The molecule has 0 saturated heterocycles. The average Bonchev–Trinajstić information content (AvgIpc) is 3.53. The first-order valence-corrected chi connectivity index (χ1v) is 13.2. The Hall–Kier alpha value is -2.41. The molecule has 2 atom stereocenters. The Balaban J connectivity index is 1.40. The minimum absolute atomic E-state index is 0.189. The maximum Gasteiger partial charge on any atom is 0.181 e. The molecule has 6 rings (SSSR count). The van der Waals surface area contributed by atoms with E-state index in [1.165, 1.54) is 5.56 Å². The summed E-state index contributed by atoms with van der Waals surface area (Å²) in [6.07, 6.45) is 6.88. The van der Waals surface area contributed by atoms with Crippen molar-refractivity contribution in [2.24, 2.45) is 5.92 Å². The largest absolute Gasteiger partial charge is 0.481 e. The number of aromatic nitrogens is 2. The van der Waals surface area contributed by atoms with Crippen LogP contribution in [-0.4, -0.2) is 15.2 Å². The Kier molecular flexibility index (Phi) is 5.63. The Labute approximate surface area is 207 Å². The van der Waals surface area contributed by atoms with Crippen molar-refractivity contribution in [2.75, 3.05) is 0 Å². The molecule has 1 unspecified atom stereocenters. The number of aliphatic hydroxyl groups is 1. The smallest absolute Gasteiger partial charge is 0.181 e. The molecule has 1 aromatic carbocycles. The molecule has 4 heterocycles. The van der Waals surface area contributed by atoms with Crippen LogP contribution in [0.3, 0.4) is 0 Å². The van der Waals surface area contributed by atoms with E-state index in [-0.39, 0.29) is 6.10 Å². The van der Waals surface area contributed by atoms with Crippen molar-refractivity contribution in [1.29, 1.82) is 0 Å². The second-order valence-corrected chi connectivity index (χ2v) is 11.3. The van der Waals surface area contributed by atoms with Crippen LogP contribution in [0.2, 0.25) is 5.02 Å². The third kappa shape index (κ3) is 3.82. The van der Waals surface area contributed by atoms with Crippen molar-refractivity contribution in [3.8, 4) is 16.9 Å². The number of rotatable bonds is 5. The molecule has 0 bridgehead atoms. The van der Waals surface area contributed by atoms with Crippen LogP contribution in [0.15, 0.2) is 35.0 Å². The van der Waals surface area contributed by atoms with Gasteiger partial charge in [-0.05, 0) is 62.3 Å². The monoisotopic (exact) mass is 494 g/mol. The number of aryl methyl sites for hydroxylation is 1. The second-order valence-electron chi connectivity index (χ2n) is 9.80. The van der Waals surface area contributed by atoms with Gasteiger partial charge in [-0.2, -0.15) is 0 Å². The predicted octanol–water partition coefficient (Wildman–Crippen LogP) is 7.24. The van der Waals surface area contributed by atoms with Gasteiger partial charge in [0.25, 0.3) is 0 Å². The van der Waals surface area contributed by atoms with Gasteiger partial charge in [-0.3, -0.25) is 4.98 Å². The number of fused-ring (bicyclic) bond motifs is 3. The molecule has 3 aromatic heterocycles. The zero-order valence-corrected chi connectivity index (χ0v) is 20.9. The topological polar surface area (TPSA) is 68.4 Å². The summed E-state index contributed by atoms with van der Waals surface area (Å²) in [4.78, 5) is 5.51. The minimum Gasteiger partial charge on any atom is -0.481 e. The SMILES string of the molecule is CC(C)CC(O)c1cc2nccc(-c3cc(Cl)cc4c3O[C@@H](c3onc5c3CCCC5)C4)c2s1. The molecule has 0 spiro atoms. The Morgan fingerprint density at radius 1 is 1.18 bits per heavy atom. The highest BCUT2D eigenvalue weighted by Gasteiger charge is 2.34. The van der Waals surface area contributed by atoms with E-state index in [1.807, 2.05) is 30.5 Å². The average molecular weight is 495 g/mol. The molecule has 1 N–H and O–H groups in total. The first kappa shape index (κ1) is 22.1. The highest BCUT2D eigenvalue weighted by molar-refractivity contribution is 7.19. The van der Waals surface area contributed by atoms with Crippen LogP contribution in [0, 0.1) is 5.92 Å². The zero-order valence-electron chi connectivity index (χ0n) is 19.3. The number of nitrogens with zero attached hydrogens (tertiary/aromatic N) is 2. The molecule has 5 nitrogen and oxygen atoms in total. The van der Waals surface area contributed by atoms with Crippen molar-refractivity contribution in [2.45, 2.75) is 64.6 Å². The fourth-order valence-electron chi connectivity index (χ4n) is 5.23. The van der Waals surface area contributed by atoms with Crippen LogP contribution in [0.4, 0.5) is 0 Å². The first-order chi connectivity index (χ1) is 16.5. The Morgan fingerprint density at radius 3 is 2.88 bits per heavy atom. The van der Waals surface area contributed by atoms with Crippen LogP contribution in [-0.2, 0) is 19.3 Å². The number of aliphatic hydroxyl groups excluding tert-OH is 1. The lowest BCUT2D eigenvalue weighted by Gasteiger charge is -2.14. The van der Waals surface area contributed by atoms with E-state index < -0.39 is 6.10 Å². The van der Waals surface area contributed by atoms with Gasteiger partial charge in [-0.1, -0.05) is 30.6 Å². The lowest BCUT2D eigenvalue weighted by molar-refractivity contribution is 0.154. The van der Waals surface area contributed by atoms with E-state index in [0.29, 0.717) is 17.4 Å². The molecular formula is C27H27ClN2O3S. The molecule has 0 fully saturated rings. The molecule has 0 amide bonds. The Morgan fingerprint density at radius 2 is 2.03 bits per heavy atom. The lowest BCUT2D eigenvalue weighted by Crippen LogP contribution is -2.08. The van der Waals surface area contributed by atoms with Crippen molar-refractivity contribution in [3.05, 3.63) is 62.9 Å². The van der Waals surface area contributed by atoms with Gasteiger partial charge in [-0.15, -0.1) is 11.3 Å². The fourth-order valence-corrected chi connectivity index (χ4v) is 6.62. The van der Waals surface area contributed by atoms with Crippen LogP contribution in [0.5, 0.6) is 5.75 Å². The van der Waals surface area contributed by atoms with E-state index in [9.17, 15) is 5.11 Å². The third-order valence-corrected chi connectivity index (χ3v) is 8.30. The van der Waals surface area contributed by atoms with Crippen molar-refractivity contribution in [3.63, 3.8) is 0 Å². The zero-order chi connectivity index (χ0) is 23.4. The van der Waals surface area contributed by atoms with Gasteiger partial charge in [0.15, 0.2) is 11.9 Å². The molecule has 34 heavy (non-hydrogen) atoms. The summed E-state index contributed by atoms with van der Waals surface area (Å²) in [5.41, 5.74) is 6.25. The van der Waals surface area contributed by atoms with Crippen molar-refractivity contribution >= 4 is 33.2 Å². The molecule has 1 aliphatic heterocycles. The number of ether oxygens (including phenoxy) is 1. The summed E-state index contributed by atoms with van der Waals surface area (Å²) >= 11 is 8.18. The third-order valence-electron chi connectivity index (χ3n) is 6.82. The quantitative estimate of drug-likeness (QED) is 0.316. The van der Waals surface area contributed by atoms with Crippen LogP contribution in [0.25, 0.3) is 21.3 Å². The summed E-state index contributed by atoms with van der Waals surface area (Å²) in [7, 11) is 0. The standard InChI is InChI=1S/C27H27ClN2O3S/c1-14(2)9-22(31)24-13-21-27(34-24)17(7-8-29-21)19-12-16(28)10-15-11-23(32-25(15)19)26-18-5-3-4-6-20(18)30-33-26/h7-8,10,12-14,22-23,31H,3-6,9,11H2,1-2H3/t22?,23-/m1/s1. The Bertz CT molecular complexity index is 1380. The molecule has 0 radical (unpaired) electrons. The first-order valence-electron chi connectivity index (χ1n) is 12.0. The number of hydrogen-bond donors (Lipinski definition) is 1. The lowest BCUT2D eigenvalue weighted by atomic mass is 9.93. The highest BCUT2D eigenvalue weighted by atomic mass is 35.5. The summed E-state index contributed by atoms with van der Waals surface area (Å²) in [6.45, 7) is 4.24. The molecular weight excluding hydrogens is 468 g/mol. The summed E-state index contributed by atoms with van der Waals surface area (Å²) in [5.74, 6) is 2.12. The van der Waals surface area contributed by atoms with E-state index in [2.05, 4.69) is 24.0 Å². The summed E-state index contributed by atoms with van der Waals surface area (Å²) < 4.78 is 13.4. The van der Waals surface area contributed by atoms with Gasteiger partial charge in [0.05, 0.1) is 22.0 Å². The second kappa shape index (κ2) is 8.67. The van der Waals surface area contributed by atoms with Gasteiger partial charge in [0, 0.05) is 44.8 Å². The summed E-state index contributed by atoms with van der Waals surface area (Å²) in [6, 6.07) is 7.98. The molecule has 2 aliphatic rings. The predicted molar refractivity (Wildman–Crippen MR) is 135 cm³/mol. The van der Waals surface area contributed by atoms with E-state index >= 15 is 0 Å². The number of halogens is 1. The minimum atomic E-state index is -0.490. The molecule has 7 heteroatoms. The fraction of sp³-hybridized carbons (Fsp3) is 0.407. The van der Waals surface area contributed by atoms with E-state index in [1.54, 1.807) is 11.3 Å². The number of pyridine rings is 1. The maximum atomic E-state index is 10.7. The van der Waals surface area contributed by atoms with E-state index in [0.717, 1.165) is 81.1 Å². The van der Waals surface area contributed by atoms with Gasteiger partial charge in [0.1, 0.15) is 5.75 Å². The number of benzene rings is 1. The molecule has 0 saturated carbocycles. The van der Waals surface area contributed by atoms with Gasteiger partial charge >= 0.3 is 0 Å². The normalized spacial score (nSPS) is 18.2. The van der Waals surface area contributed by atoms with Crippen LogP contribution >= 0.6 is 22.9 Å². The highest BCUT2D eigenvalue weighted by Crippen LogP contribution is 2.48. The van der Waals surface area contributed by atoms with Gasteiger partial charge in [0.2, 0.25) is 0 Å².